The second-order valence-corrected chi connectivity index (χ2v) is 9.07. The van der Waals surface area contributed by atoms with Crippen molar-refractivity contribution in [2.45, 2.75) is 18.1 Å². The molecule has 0 saturated heterocycles. The Labute approximate surface area is 217 Å². The highest BCUT2D eigenvalue weighted by Crippen LogP contribution is 2.37. The van der Waals surface area contributed by atoms with Gasteiger partial charge in [0.1, 0.15) is 11.4 Å². The van der Waals surface area contributed by atoms with Crippen molar-refractivity contribution >= 4 is 34.4 Å². The van der Waals surface area contributed by atoms with Gasteiger partial charge in [-0.05, 0) is 64.0 Å². The highest BCUT2D eigenvalue weighted by Gasteiger charge is 2.41. The summed E-state index contributed by atoms with van der Waals surface area (Å²) in [6.45, 7) is 0. The molecule has 0 aliphatic carbocycles. The lowest BCUT2D eigenvalue weighted by molar-refractivity contribution is -0.137. The predicted molar refractivity (Wildman–Crippen MR) is 133 cm³/mol. The lowest BCUT2D eigenvalue weighted by atomic mass is 9.80. The van der Waals surface area contributed by atoms with E-state index in [0.717, 1.165) is 15.7 Å². The largest absolute Gasteiger partial charge is 0.416 e. The van der Waals surface area contributed by atoms with Crippen molar-refractivity contribution in [3.63, 3.8) is 0 Å². The number of hydrogen-bond donors (Lipinski definition) is 2. The summed E-state index contributed by atoms with van der Waals surface area (Å²) < 4.78 is 56.4. The van der Waals surface area contributed by atoms with Crippen LogP contribution in [-0.2, 0) is 18.1 Å². The van der Waals surface area contributed by atoms with Gasteiger partial charge in [0, 0.05) is 28.6 Å². The molecular formula is C25H18F4IN5O. The van der Waals surface area contributed by atoms with Crippen molar-refractivity contribution in [3.8, 4) is 0 Å². The number of nitrogens with one attached hydrogen (secondary N) is 2. The summed E-state index contributed by atoms with van der Waals surface area (Å²) >= 11 is 2.04. The highest BCUT2D eigenvalue weighted by molar-refractivity contribution is 14.1. The average Bonchev–Trinajstić information content (AvgIpc) is 2.84. The first-order valence-electron chi connectivity index (χ1n) is 10.6. The monoisotopic (exact) mass is 607 g/mol. The number of hydrogen-bond acceptors (Lipinski definition) is 4. The van der Waals surface area contributed by atoms with Crippen LogP contribution in [0.15, 0.2) is 85.5 Å². The van der Waals surface area contributed by atoms with E-state index in [0.29, 0.717) is 11.6 Å². The number of carbonyl (C=O) groups excluding carboxylic acids is 1. The van der Waals surface area contributed by atoms with Crippen LogP contribution < -0.4 is 10.6 Å². The van der Waals surface area contributed by atoms with E-state index in [1.165, 1.54) is 24.8 Å². The Bertz CT molecular complexity index is 1340. The molecule has 0 unspecified atom stereocenters. The minimum Gasteiger partial charge on any atom is -0.322 e. The van der Waals surface area contributed by atoms with Gasteiger partial charge in [0.05, 0.1) is 17.5 Å². The van der Waals surface area contributed by atoms with E-state index in [2.05, 4.69) is 25.6 Å². The molecule has 0 aliphatic heterocycles. The van der Waals surface area contributed by atoms with Crippen LogP contribution in [0.2, 0.25) is 0 Å². The number of halogens is 5. The summed E-state index contributed by atoms with van der Waals surface area (Å²) in [7, 11) is 0. The van der Waals surface area contributed by atoms with Crippen LogP contribution in [-0.4, -0.2) is 21.0 Å². The van der Waals surface area contributed by atoms with Crippen LogP contribution in [0.1, 0.15) is 22.4 Å². The number of alkyl halides is 3. The number of urea groups is 1. The number of aromatic nitrogens is 3. The first kappa shape index (κ1) is 25.5. The number of rotatable bonds is 6. The molecule has 0 aliphatic rings. The molecule has 2 aromatic carbocycles. The SMILES string of the molecule is O=C(Nc1cnccn1)N[C@](Cc1ccccc1)(c1cc(F)cc(C(F)(F)F)c1)c1ccc(I)cn1. The summed E-state index contributed by atoms with van der Waals surface area (Å²) in [6.07, 6.45) is 0.791. The third-order valence-corrected chi connectivity index (χ3v) is 5.96. The first-order chi connectivity index (χ1) is 17.2. The van der Waals surface area contributed by atoms with Crippen molar-refractivity contribution in [2.24, 2.45) is 0 Å². The second-order valence-electron chi connectivity index (χ2n) is 7.83. The van der Waals surface area contributed by atoms with Gasteiger partial charge in [0.2, 0.25) is 0 Å². The smallest absolute Gasteiger partial charge is 0.322 e. The lowest BCUT2D eigenvalue weighted by Crippen LogP contribution is -2.51. The van der Waals surface area contributed by atoms with Crippen molar-refractivity contribution in [2.75, 3.05) is 5.32 Å². The number of pyridine rings is 1. The molecule has 2 heterocycles. The molecule has 2 N–H and O–H groups in total. The normalized spacial score (nSPS) is 13.0. The molecule has 6 nitrogen and oxygen atoms in total. The Morgan fingerprint density at radius 1 is 0.917 bits per heavy atom. The molecule has 36 heavy (non-hydrogen) atoms. The van der Waals surface area contributed by atoms with E-state index in [4.69, 9.17) is 0 Å². The first-order valence-corrected chi connectivity index (χ1v) is 11.6. The van der Waals surface area contributed by atoms with E-state index >= 15 is 0 Å². The predicted octanol–water partition coefficient (Wildman–Crippen LogP) is 5.94. The topological polar surface area (TPSA) is 79.8 Å². The van der Waals surface area contributed by atoms with Crippen molar-refractivity contribution in [1.82, 2.24) is 20.3 Å². The van der Waals surface area contributed by atoms with Gasteiger partial charge in [0.25, 0.3) is 0 Å². The van der Waals surface area contributed by atoms with Gasteiger partial charge < -0.3 is 5.32 Å². The maximum absolute atomic E-state index is 14.6. The summed E-state index contributed by atoms with van der Waals surface area (Å²) in [5.74, 6) is -0.978. The average molecular weight is 607 g/mol. The van der Waals surface area contributed by atoms with E-state index in [9.17, 15) is 22.4 Å². The van der Waals surface area contributed by atoms with Crippen LogP contribution in [0.5, 0.6) is 0 Å². The third-order valence-electron chi connectivity index (χ3n) is 5.33. The third kappa shape index (κ3) is 5.96. The Morgan fingerprint density at radius 2 is 1.67 bits per heavy atom. The van der Waals surface area contributed by atoms with Crippen molar-refractivity contribution < 1.29 is 22.4 Å². The van der Waals surface area contributed by atoms with Crippen LogP contribution in [0.3, 0.4) is 0 Å². The fraction of sp³-hybridized carbons (Fsp3) is 0.120. The number of anilines is 1. The summed E-state index contributed by atoms with van der Waals surface area (Å²) in [6, 6.07) is 13.5. The molecule has 4 aromatic rings. The lowest BCUT2D eigenvalue weighted by Gasteiger charge is -2.35. The Hall–Kier alpha value is -3.61. The van der Waals surface area contributed by atoms with E-state index in [1.807, 2.05) is 22.6 Å². The van der Waals surface area contributed by atoms with Crippen LogP contribution in [0.4, 0.5) is 28.2 Å². The summed E-state index contributed by atoms with van der Waals surface area (Å²) in [4.78, 5) is 25.5. The molecule has 0 bridgehead atoms. The zero-order valence-electron chi connectivity index (χ0n) is 18.4. The Balaban J connectivity index is 1.91. The van der Waals surface area contributed by atoms with Gasteiger partial charge in [-0.2, -0.15) is 13.2 Å². The summed E-state index contributed by atoms with van der Waals surface area (Å²) in [5.41, 5.74) is -2.09. The molecule has 0 saturated carbocycles. The molecular weight excluding hydrogens is 589 g/mol. The number of carbonyl (C=O) groups is 1. The highest BCUT2D eigenvalue weighted by atomic mass is 127. The van der Waals surface area contributed by atoms with Gasteiger partial charge >= 0.3 is 12.2 Å². The maximum atomic E-state index is 14.6. The van der Waals surface area contributed by atoms with Crippen LogP contribution >= 0.6 is 22.6 Å². The summed E-state index contributed by atoms with van der Waals surface area (Å²) in [5, 5.41) is 5.29. The van der Waals surface area contributed by atoms with Gasteiger partial charge in [0.15, 0.2) is 5.82 Å². The minimum atomic E-state index is -4.81. The molecule has 0 fully saturated rings. The number of amides is 2. The van der Waals surface area contributed by atoms with Gasteiger partial charge in [-0.3, -0.25) is 15.3 Å². The van der Waals surface area contributed by atoms with E-state index in [1.54, 1.807) is 42.5 Å². The van der Waals surface area contributed by atoms with Gasteiger partial charge in [-0.1, -0.05) is 30.3 Å². The molecule has 4 rings (SSSR count). The van der Waals surface area contributed by atoms with E-state index in [-0.39, 0.29) is 23.5 Å². The van der Waals surface area contributed by atoms with E-state index < -0.39 is 29.1 Å². The van der Waals surface area contributed by atoms with Crippen LogP contribution in [0, 0.1) is 9.39 Å². The fourth-order valence-corrected chi connectivity index (χ4v) is 4.07. The second kappa shape index (κ2) is 10.6. The van der Waals surface area contributed by atoms with Crippen molar-refractivity contribution in [1.29, 1.82) is 0 Å². The zero-order chi connectivity index (χ0) is 25.8. The maximum Gasteiger partial charge on any atom is 0.416 e. The Morgan fingerprint density at radius 3 is 2.31 bits per heavy atom. The Kier molecular flexibility index (Phi) is 7.48. The quantitative estimate of drug-likeness (QED) is 0.210. The molecule has 2 amide bonds. The zero-order valence-corrected chi connectivity index (χ0v) is 20.6. The molecule has 2 aromatic heterocycles. The van der Waals surface area contributed by atoms with Crippen LogP contribution in [0.25, 0.3) is 0 Å². The van der Waals surface area contributed by atoms with Gasteiger partial charge in [-0.25, -0.2) is 14.2 Å². The molecule has 1 atom stereocenters. The number of benzene rings is 2. The number of nitrogens with zero attached hydrogens (tertiary/aromatic N) is 3. The molecule has 11 heteroatoms. The fourth-order valence-electron chi connectivity index (χ4n) is 3.76. The van der Waals surface area contributed by atoms with Gasteiger partial charge in [-0.15, -0.1) is 0 Å². The molecule has 0 spiro atoms. The minimum absolute atomic E-state index is 0.0178. The van der Waals surface area contributed by atoms with Crippen molar-refractivity contribution in [3.05, 3.63) is 117 Å². The standard InChI is InChI=1S/C25H18F4IN5O/c26-19-11-17(10-18(12-19)25(27,28)29)24(13-16-4-2-1-3-5-16,21-7-6-20(30)14-33-21)35-23(36)34-22-15-31-8-9-32-22/h1-12,14-15H,13H2,(H2,32,34,35,36)/t24-/m1/s1. The molecule has 184 valence electrons. The molecule has 0 radical (unpaired) electrons.